The predicted octanol–water partition coefficient (Wildman–Crippen LogP) is 0.388. The van der Waals surface area contributed by atoms with E-state index in [1.165, 1.54) is 20.4 Å². The molecule has 0 amide bonds. The third-order valence-electron chi connectivity index (χ3n) is 1.77. The molecule has 1 heterocycles. The van der Waals surface area contributed by atoms with Crippen LogP contribution in [0.4, 0.5) is 5.69 Å². The highest BCUT2D eigenvalue weighted by Gasteiger charge is 2.08. The first-order valence-electron chi connectivity index (χ1n) is 4.02. The highest BCUT2D eigenvalue weighted by atomic mass is 16.5. The molecular formula is C9H12N2O3. The van der Waals surface area contributed by atoms with Gasteiger partial charge in [0.15, 0.2) is 0 Å². The van der Waals surface area contributed by atoms with Gasteiger partial charge in [-0.1, -0.05) is 0 Å². The number of hydrogen-bond donors (Lipinski definition) is 1. The standard InChI is InChI=1S/C9H12N2O3/c1-13-8-3-6(4-9(12)14-2)7(10)5-11-8/h3,5H,4,10H2,1-2H3. The molecule has 0 aromatic carbocycles. The van der Waals surface area contributed by atoms with Crippen LogP contribution in [0.3, 0.4) is 0 Å². The summed E-state index contributed by atoms with van der Waals surface area (Å²) in [6.45, 7) is 0. The summed E-state index contributed by atoms with van der Waals surface area (Å²) in [6, 6.07) is 1.62. The topological polar surface area (TPSA) is 74.4 Å². The Kier molecular flexibility index (Phi) is 3.28. The van der Waals surface area contributed by atoms with E-state index in [2.05, 4.69) is 9.72 Å². The zero-order chi connectivity index (χ0) is 10.6. The minimum Gasteiger partial charge on any atom is -0.481 e. The van der Waals surface area contributed by atoms with Gasteiger partial charge in [0.2, 0.25) is 5.88 Å². The van der Waals surface area contributed by atoms with E-state index >= 15 is 0 Å². The fourth-order valence-corrected chi connectivity index (χ4v) is 0.978. The van der Waals surface area contributed by atoms with Crippen LogP contribution in [0.2, 0.25) is 0 Å². The van der Waals surface area contributed by atoms with Gasteiger partial charge in [0, 0.05) is 6.07 Å². The summed E-state index contributed by atoms with van der Waals surface area (Å²) in [7, 11) is 2.83. The fraction of sp³-hybridized carbons (Fsp3) is 0.333. The van der Waals surface area contributed by atoms with Crippen molar-refractivity contribution in [2.75, 3.05) is 20.0 Å². The Morgan fingerprint density at radius 2 is 2.29 bits per heavy atom. The van der Waals surface area contributed by atoms with Crippen LogP contribution < -0.4 is 10.5 Å². The van der Waals surface area contributed by atoms with Gasteiger partial charge in [0.25, 0.3) is 0 Å². The molecule has 1 aromatic rings. The van der Waals surface area contributed by atoms with Gasteiger partial charge >= 0.3 is 5.97 Å². The second-order valence-electron chi connectivity index (χ2n) is 2.68. The van der Waals surface area contributed by atoms with Crippen molar-refractivity contribution in [3.63, 3.8) is 0 Å². The number of nitrogen functional groups attached to an aromatic ring is 1. The van der Waals surface area contributed by atoms with Crippen molar-refractivity contribution in [1.29, 1.82) is 0 Å². The SMILES string of the molecule is COC(=O)Cc1cc(OC)ncc1N. The van der Waals surface area contributed by atoms with Gasteiger partial charge in [-0.2, -0.15) is 0 Å². The van der Waals surface area contributed by atoms with Gasteiger partial charge in [-0.15, -0.1) is 0 Å². The maximum absolute atomic E-state index is 11.0. The number of nitrogens with zero attached hydrogens (tertiary/aromatic N) is 1. The Bertz CT molecular complexity index is 339. The molecule has 0 spiro atoms. The van der Waals surface area contributed by atoms with Crippen molar-refractivity contribution in [3.8, 4) is 5.88 Å². The first-order valence-corrected chi connectivity index (χ1v) is 4.02. The lowest BCUT2D eigenvalue weighted by Gasteiger charge is -2.05. The number of aromatic nitrogens is 1. The van der Waals surface area contributed by atoms with E-state index < -0.39 is 0 Å². The van der Waals surface area contributed by atoms with Crippen molar-refractivity contribution < 1.29 is 14.3 Å². The fourth-order valence-electron chi connectivity index (χ4n) is 0.978. The van der Waals surface area contributed by atoms with Crippen LogP contribution in [-0.2, 0) is 16.0 Å². The van der Waals surface area contributed by atoms with Crippen molar-refractivity contribution in [3.05, 3.63) is 17.8 Å². The molecule has 0 radical (unpaired) electrons. The number of pyridine rings is 1. The van der Waals surface area contributed by atoms with Crippen LogP contribution in [-0.4, -0.2) is 25.2 Å². The quantitative estimate of drug-likeness (QED) is 0.708. The number of carbonyl (C=O) groups excluding carboxylic acids is 1. The minimum atomic E-state index is -0.343. The molecule has 14 heavy (non-hydrogen) atoms. The van der Waals surface area contributed by atoms with Gasteiger partial charge in [-0.3, -0.25) is 4.79 Å². The summed E-state index contributed by atoms with van der Waals surface area (Å²) in [4.78, 5) is 14.9. The molecule has 0 bridgehead atoms. The molecule has 0 unspecified atom stereocenters. The summed E-state index contributed by atoms with van der Waals surface area (Å²) in [6.07, 6.45) is 1.58. The first-order chi connectivity index (χ1) is 6.67. The van der Waals surface area contributed by atoms with E-state index in [1.807, 2.05) is 0 Å². The summed E-state index contributed by atoms with van der Waals surface area (Å²) >= 11 is 0. The molecule has 5 nitrogen and oxygen atoms in total. The smallest absolute Gasteiger partial charge is 0.310 e. The number of hydrogen-bond acceptors (Lipinski definition) is 5. The molecular weight excluding hydrogens is 184 g/mol. The van der Waals surface area contributed by atoms with Crippen LogP contribution in [0.15, 0.2) is 12.3 Å². The van der Waals surface area contributed by atoms with Crippen LogP contribution in [0.25, 0.3) is 0 Å². The number of nitrogens with two attached hydrogens (primary N) is 1. The summed E-state index contributed by atoms with van der Waals surface area (Å²) in [5.41, 5.74) is 6.73. The van der Waals surface area contributed by atoms with Gasteiger partial charge in [0.1, 0.15) is 0 Å². The Hall–Kier alpha value is -1.78. The zero-order valence-electron chi connectivity index (χ0n) is 8.11. The Balaban J connectivity index is 2.89. The lowest BCUT2D eigenvalue weighted by molar-refractivity contribution is -0.139. The van der Waals surface area contributed by atoms with E-state index in [0.29, 0.717) is 17.1 Å². The molecule has 0 fully saturated rings. The molecule has 0 saturated carbocycles. The van der Waals surface area contributed by atoms with Crippen LogP contribution >= 0.6 is 0 Å². The second kappa shape index (κ2) is 4.45. The van der Waals surface area contributed by atoms with Gasteiger partial charge in [-0.25, -0.2) is 4.98 Å². The van der Waals surface area contributed by atoms with Gasteiger partial charge < -0.3 is 15.2 Å². The largest absolute Gasteiger partial charge is 0.481 e. The summed E-state index contributed by atoms with van der Waals surface area (Å²) in [5.74, 6) is 0.0862. The Morgan fingerprint density at radius 3 is 2.86 bits per heavy atom. The highest BCUT2D eigenvalue weighted by Crippen LogP contribution is 2.16. The predicted molar refractivity (Wildman–Crippen MR) is 50.9 cm³/mol. The van der Waals surface area contributed by atoms with Crippen molar-refractivity contribution in [2.45, 2.75) is 6.42 Å². The van der Waals surface area contributed by atoms with Crippen molar-refractivity contribution >= 4 is 11.7 Å². The number of ether oxygens (including phenoxy) is 2. The molecule has 5 heteroatoms. The lowest BCUT2D eigenvalue weighted by atomic mass is 10.1. The second-order valence-corrected chi connectivity index (χ2v) is 2.68. The van der Waals surface area contributed by atoms with E-state index in [-0.39, 0.29) is 12.4 Å². The Labute approximate surface area is 81.8 Å². The minimum absolute atomic E-state index is 0.126. The first kappa shape index (κ1) is 10.3. The van der Waals surface area contributed by atoms with Gasteiger partial charge in [0.05, 0.1) is 32.5 Å². The van der Waals surface area contributed by atoms with E-state index in [0.717, 1.165) is 0 Å². The van der Waals surface area contributed by atoms with E-state index in [1.54, 1.807) is 6.07 Å². The molecule has 0 saturated heterocycles. The van der Waals surface area contributed by atoms with E-state index in [9.17, 15) is 4.79 Å². The molecule has 76 valence electrons. The number of methoxy groups -OCH3 is 2. The molecule has 0 atom stereocenters. The summed E-state index contributed by atoms with van der Waals surface area (Å²) in [5, 5.41) is 0. The molecule has 1 aromatic heterocycles. The number of anilines is 1. The number of carbonyl (C=O) groups is 1. The molecule has 2 N–H and O–H groups in total. The lowest BCUT2D eigenvalue weighted by Crippen LogP contribution is -2.07. The maximum atomic E-state index is 11.0. The molecule has 0 aliphatic rings. The van der Waals surface area contributed by atoms with Crippen molar-refractivity contribution in [2.24, 2.45) is 0 Å². The number of esters is 1. The number of rotatable bonds is 3. The average Bonchev–Trinajstić information content (AvgIpc) is 2.21. The van der Waals surface area contributed by atoms with Crippen LogP contribution in [0.1, 0.15) is 5.56 Å². The van der Waals surface area contributed by atoms with E-state index in [4.69, 9.17) is 10.5 Å². The van der Waals surface area contributed by atoms with Gasteiger partial charge in [-0.05, 0) is 5.56 Å². The highest BCUT2D eigenvalue weighted by molar-refractivity contribution is 5.74. The monoisotopic (exact) mass is 196 g/mol. The van der Waals surface area contributed by atoms with Crippen molar-refractivity contribution in [1.82, 2.24) is 4.98 Å². The Morgan fingerprint density at radius 1 is 1.57 bits per heavy atom. The third-order valence-corrected chi connectivity index (χ3v) is 1.77. The molecule has 0 aliphatic heterocycles. The molecule has 1 rings (SSSR count). The van der Waals surface area contributed by atoms with Crippen LogP contribution in [0.5, 0.6) is 5.88 Å². The third kappa shape index (κ3) is 2.35. The summed E-state index contributed by atoms with van der Waals surface area (Å²) < 4.78 is 9.43. The normalized spacial score (nSPS) is 9.57. The zero-order valence-corrected chi connectivity index (χ0v) is 8.11. The molecule has 0 aliphatic carbocycles. The average molecular weight is 196 g/mol. The van der Waals surface area contributed by atoms with Crippen LogP contribution in [0, 0.1) is 0 Å². The maximum Gasteiger partial charge on any atom is 0.310 e.